The molecule has 2 aromatic rings. The van der Waals surface area contributed by atoms with E-state index in [0.717, 1.165) is 14.6 Å². The number of nitrogens with zero attached hydrogens (tertiary/aromatic N) is 2. The number of nitriles is 1. The second kappa shape index (κ2) is 5.98. The molecule has 0 fully saturated rings. The molecule has 5 heteroatoms. The minimum atomic E-state index is -0.475. The maximum absolute atomic E-state index is 9.22. The first-order chi connectivity index (χ1) is 8.70. The van der Waals surface area contributed by atoms with Crippen molar-refractivity contribution in [2.45, 2.75) is 6.04 Å². The van der Waals surface area contributed by atoms with Crippen LogP contribution in [0.4, 0.5) is 5.69 Å². The Balaban J connectivity index is 2.23. The Labute approximate surface area is 122 Å². The van der Waals surface area contributed by atoms with Gasteiger partial charge in [0.05, 0.1) is 11.8 Å². The maximum Gasteiger partial charge on any atom is 0.157 e. The lowest BCUT2D eigenvalue weighted by Gasteiger charge is -2.13. The fourth-order valence-electron chi connectivity index (χ4n) is 1.46. The first-order valence-corrected chi connectivity index (χ1v) is 6.81. The van der Waals surface area contributed by atoms with E-state index in [-0.39, 0.29) is 0 Å². The fourth-order valence-corrected chi connectivity index (χ4v) is 2.10. The molecule has 0 aliphatic rings. The second-order valence-electron chi connectivity index (χ2n) is 3.59. The molecule has 1 unspecified atom stereocenters. The molecule has 1 atom stereocenters. The number of para-hydroxylation sites is 1. The van der Waals surface area contributed by atoms with Crippen LogP contribution >= 0.6 is 31.9 Å². The number of aromatic nitrogens is 1. The minimum Gasteiger partial charge on any atom is -0.364 e. The molecule has 1 heterocycles. The molecular formula is C13H9Br2N3. The van der Waals surface area contributed by atoms with Gasteiger partial charge in [-0.05, 0) is 56.1 Å². The molecule has 0 spiro atoms. The van der Waals surface area contributed by atoms with Crippen LogP contribution in [0.25, 0.3) is 0 Å². The Morgan fingerprint density at radius 3 is 2.56 bits per heavy atom. The van der Waals surface area contributed by atoms with Crippen molar-refractivity contribution in [2.75, 3.05) is 5.32 Å². The van der Waals surface area contributed by atoms with Crippen LogP contribution in [0, 0.1) is 11.3 Å². The summed E-state index contributed by atoms with van der Waals surface area (Å²) in [6, 6.07) is 13.1. The molecule has 90 valence electrons. The Hall–Kier alpha value is -1.38. The lowest BCUT2D eigenvalue weighted by molar-refractivity contribution is 0.931. The molecule has 2 rings (SSSR count). The minimum absolute atomic E-state index is 0.475. The van der Waals surface area contributed by atoms with Gasteiger partial charge in [0.15, 0.2) is 6.04 Å². The number of anilines is 1. The lowest BCUT2D eigenvalue weighted by atomic mass is 10.2. The monoisotopic (exact) mass is 365 g/mol. The van der Waals surface area contributed by atoms with Crippen LogP contribution in [0.2, 0.25) is 0 Å². The van der Waals surface area contributed by atoms with Crippen molar-refractivity contribution in [2.24, 2.45) is 0 Å². The Morgan fingerprint density at radius 1 is 1.17 bits per heavy atom. The third-order valence-corrected chi connectivity index (χ3v) is 3.51. The van der Waals surface area contributed by atoms with E-state index in [1.54, 1.807) is 6.20 Å². The molecule has 0 saturated heterocycles. The van der Waals surface area contributed by atoms with E-state index in [2.05, 4.69) is 48.2 Å². The quantitative estimate of drug-likeness (QED) is 0.881. The zero-order chi connectivity index (χ0) is 13.0. The van der Waals surface area contributed by atoms with Gasteiger partial charge >= 0.3 is 0 Å². The molecule has 0 aliphatic heterocycles. The topological polar surface area (TPSA) is 48.7 Å². The van der Waals surface area contributed by atoms with E-state index in [9.17, 15) is 5.26 Å². The van der Waals surface area contributed by atoms with Crippen molar-refractivity contribution < 1.29 is 0 Å². The summed E-state index contributed by atoms with van der Waals surface area (Å²) in [6.07, 6.45) is 1.68. The summed E-state index contributed by atoms with van der Waals surface area (Å²) in [5.74, 6) is 0. The maximum atomic E-state index is 9.22. The molecular weight excluding hydrogens is 358 g/mol. The number of rotatable bonds is 3. The molecule has 0 bridgehead atoms. The average Bonchev–Trinajstić information content (AvgIpc) is 2.39. The van der Waals surface area contributed by atoms with Crippen LogP contribution < -0.4 is 5.32 Å². The molecule has 18 heavy (non-hydrogen) atoms. The highest BCUT2D eigenvalue weighted by Gasteiger charge is 2.12. The molecule has 1 N–H and O–H groups in total. The van der Waals surface area contributed by atoms with Gasteiger partial charge in [-0.3, -0.25) is 4.98 Å². The van der Waals surface area contributed by atoms with Crippen molar-refractivity contribution in [3.63, 3.8) is 0 Å². The Morgan fingerprint density at radius 2 is 1.94 bits per heavy atom. The SMILES string of the molecule is N#CC(Nc1ccccc1Br)c1ccc(Br)cn1. The van der Waals surface area contributed by atoms with Gasteiger partial charge in [-0.2, -0.15) is 5.26 Å². The van der Waals surface area contributed by atoms with E-state index in [1.165, 1.54) is 0 Å². The van der Waals surface area contributed by atoms with Gasteiger partial charge in [-0.25, -0.2) is 0 Å². The van der Waals surface area contributed by atoms with Crippen molar-refractivity contribution in [3.05, 3.63) is 57.2 Å². The van der Waals surface area contributed by atoms with Gasteiger partial charge < -0.3 is 5.32 Å². The third-order valence-electron chi connectivity index (χ3n) is 2.35. The number of hydrogen-bond donors (Lipinski definition) is 1. The zero-order valence-corrected chi connectivity index (χ0v) is 12.4. The normalized spacial score (nSPS) is 11.6. The summed E-state index contributed by atoms with van der Waals surface area (Å²) in [5.41, 5.74) is 1.56. The van der Waals surface area contributed by atoms with E-state index < -0.39 is 6.04 Å². The van der Waals surface area contributed by atoms with Crippen molar-refractivity contribution in [1.82, 2.24) is 4.98 Å². The fraction of sp³-hybridized carbons (Fsp3) is 0.0769. The van der Waals surface area contributed by atoms with Gasteiger partial charge in [-0.1, -0.05) is 12.1 Å². The number of pyridine rings is 1. The molecule has 0 aliphatic carbocycles. The van der Waals surface area contributed by atoms with Crippen LogP contribution in [0.3, 0.4) is 0 Å². The number of halogens is 2. The van der Waals surface area contributed by atoms with Crippen LogP contribution in [-0.2, 0) is 0 Å². The van der Waals surface area contributed by atoms with Gasteiger partial charge in [0, 0.05) is 20.8 Å². The van der Waals surface area contributed by atoms with Gasteiger partial charge in [0.2, 0.25) is 0 Å². The van der Waals surface area contributed by atoms with Crippen molar-refractivity contribution in [1.29, 1.82) is 5.26 Å². The largest absolute Gasteiger partial charge is 0.364 e. The first-order valence-electron chi connectivity index (χ1n) is 5.23. The molecule has 0 amide bonds. The zero-order valence-electron chi connectivity index (χ0n) is 9.27. The van der Waals surface area contributed by atoms with Crippen LogP contribution in [0.1, 0.15) is 11.7 Å². The van der Waals surface area contributed by atoms with Crippen molar-refractivity contribution >= 4 is 37.5 Å². The van der Waals surface area contributed by atoms with Crippen LogP contribution in [-0.4, -0.2) is 4.98 Å². The van der Waals surface area contributed by atoms with E-state index in [4.69, 9.17) is 0 Å². The van der Waals surface area contributed by atoms with E-state index >= 15 is 0 Å². The molecule has 1 aromatic carbocycles. The number of nitrogens with one attached hydrogen (secondary N) is 1. The standard InChI is InChI=1S/C13H9Br2N3/c14-9-5-6-12(17-8-9)13(7-16)18-11-4-2-1-3-10(11)15/h1-6,8,13,18H. The highest BCUT2D eigenvalue weighted by molar-refractivity contribution is 9.10. The molecule has 0 saturated carbocycles. The highest BCUT2D eigenvalue weighted by Crippen LogP contribution is 2.25. The average molecular weight is 367 g/mol. The summed E-state index contributed by atoms with van der Waals surface area (Å²) in [5, 5.41) is 12.4. The van der Waals surface area contributed by atoms with Gasteiger partial charge in [0.1, 0.15) is 0 Å². The summed E-state index contributed by atoms with van der Waals surface area (Å²) >= 11 is 6.76. The Kier molecular flexibility index (Phi) is 4.34. The van der Waals surface area contributed by atoms with Gasteiger partial charge in [-0.15, -0.1) is 0 Å². The van der Waals surface area contributed by atoms with Gasteiger partial charge in [0.25, 0.3) is 0 Å². The predicted octanol–water partition coefficient (Wildman–Crippen LogP) is 4.28. The Bertz CT molecular complexity index is 576. The summed E-state index contributed by atoms with van der Waals surface area (Å²) in [4.78, 5) is 4.23. The van der Waals surface area contributed by atoms with E-state index in [1.807, 2.05) is 36.4 Å². The summed E-state index contributed by atoms with van der Waals surface area (Å²) in [6.45, 7) is 0. The molecule has 3 nitrogen and oxygen atoms in total. The highest BCUT2D eigenvalue weighted by atomic mass is 79.9. The number of hydrogen-bond acceptors (Lipinski definition) is 3. The predicted molar refractivity (Wildman–Crippen MR) is 78.1 cm³/mol. The first kappa shape index (κ1) is 13.1. The van der Waals surface area contributed by atoms with Crippen LogP contribution in [0.5, 0.6) is 0 Å². The van der Waals surface area contributed by atoms with Crippen LogP contribution in [0.15, 0.2) is 51.5 Å². The summed E-state index contributed by atoms with van der Waals surface area (Å²) in [7, 11) is 0. The third kappa shape index (κ3) is 3.09. The summed E-state index contributed by atoms with van der Waals surface area (Å²) < 4.78 is 1.81. The lowest BCUT2D eigenvalue weighted by Crippen LogP contribution is -2.10. The second-order valence-corrected chi connectivity index (χ2v) is 5.36. The smallest absolute Gasteiger partial charge is 0.157 e. The molecule has 0 radical (unpaired) electrons. The van der Waals surface area contributed by atoms with Crippen molar-refractivity contribution in [3.8, 4) is 6.07 Å². The molecule has 1 aromatic heterocycles. The van der Waals surface area contributed by atoms with E-state index in [0.29, 0.717) is 5.69 Å². The number of benzene rings is 1.